The molecule has 0 aliphatic carbocycles. The maximum Gasteiger partial charge on any atom is 0.411 e. The number of fused-ring (bicyclic) bond motifs is 2. The summed E-state index contributed by atoms with van der Waals surface area (Å²) in [7, 11) is 0. The fourth-order valence-electron chi connectivity index (χ4n) is 2.98. The number of hydrogen-bond acceptors (Lipinski definition) is 4. The van der Waals surface area contributed by atoms with Gasteiger partial charge in [-0.05, 0) is 50.5 Å². The Bertz CT molecular complexity index is 577. The van der Waals surface area contributed by atoms with Gasteiger partial charge in [-0.3, -0.25) is 9.88 Å². The van der Waals surface area contributed by atoms with Crippen molar-refractivity contribution in [1.29, 1.82) is 0 Å². The van der Waals surface area contributed by atoms with E-state index in [9.17, 15) is 4.79 Å². The fourth-order valence-corrected chi connectivity index (χ4v) is 2.98. The first-order valence-electron chi connectivity index (χ1n) is 7.64. The van der Waals surface area contributed by atoms with Crippen molar-refractivity contribution in [2.75, 3.05) is 13.2 Å². The minimum absolute atomic E-state index is 0.0294. The number of pyridine rings is 1. The average molecular weight is 302 g/mol. The van der Waals surface area contributed by atoms with E-state index in [0.717, 1.165) is 12.0 Å². The molecule has 2 aliphatic rings. The molecule has 0 aromatic carbocycles. The van der Waals surface area contributed by atoms with E-state index in [1.807, 2.05) is 37.8 Å². The molecular formula is C17H22N2O3. The Labute approximate surface area is 130 Å². The van der Waals surface area contributed by atoms with Crippen LogP contribution in [0.25, 0.3) is 5.57 Å². The Hall–Kier alpha value is -1.88. The lowest BCUT2D eigenvalue weighted by molar-refractivity contribution is -0.0510. The van der Waals surface area contributed by atoms with Crippen molar-refractivity contribution in [1.82, 2.24) is 9.88 Å². The zero-order chi connectivity index (χ0) is 15.7. The molecule has 118 valence electrons. The van der Waals surface area contributed by atoms with Crippen LogP contribution in [-0.4, -0.2) is 46.9 Å². The smallest absolute Gasteiger partial charge is 0.411 e. The van der Waals surface area contributed by atoms with E-state index in [1.165, 1.54) is 5.57 Å². The van der Waals surface area contributed by atoms with Crippen LogP contribution in [0.3, 0.4) is 0 Å². The van der Waals surface area contributed by atoms with Gasteiger partial charge in [0.25, 0.3) is 0 Å². The zero-order valence-corrected chi connectivity index (χ0v) is 13.3. The van der Waals surface area contributed by atoms with Crippen molar-refractivity contribution in [3.8, 4) is 0 Å². The van der Waals surface area contributed by atoms with E-state index in [-0.39, 0.29) is 18.2 Å². The topological polar surface area (TPSA) is 51.7 Å². The second-order valence-corrected chi connectivity index (χ2v) is 6.78. The molecule has 1 aromatic rings. The van der Waals surface area contributed by atoms with E-state index in [2.05, 4.69) is 11.1 Å². The summed E-state index contributed by atoms with van der Waals surface area (Å²) in [5.41, 5.74) is 1.93. The molecule has 2 unspecified atom stereocenters. The van der Waals surface area contributed by atoms with Crippen LogP contribution in [0.1, 0.15) is 32.8 Å². The molecule has 22 heavy (non-hydrogen) atoms. The third-order valence-electron chi connectivity index (χ3n) is 3.85. The molecule has 1 amide bonds. The predicted octanol–water partition coefficient (Wildman–Crippen LogP) is 2.87. The molecule has 0 spiro atoms. The maximum atomic E-state index is 12.5. The average Bonchev–Trinajstić information content (AvgIpc) is 2.45. The second-order valence-electron chi connectivity index (χ2n) is 6.78. The maximum absolute atomic E-state index is 12.5. The first kappa shape index (κ1) is 15.0. The van der Waals surface area contributed by atoms with E-state index in [1.54, 1.807) is 12.4 Å². The van der Waals surface area contributed by atoms with Crippen molar-refractivity contribution < 1.29 is 14.3 Å². The van der Waals surface area contributed by atoms with Crippen LogP contribution in [0.2, 0.25) is 0 Å². The third-order valence-corrected chi connectivity index (χ3v) is 3.85. The highest BCUT2D eigenvalue weighted by Gasteiger charge is 2.40. The summed E-state index contributed by atoms with van der Waals surface area (Å²) in [4.78, 5) is 18.4. The number of ether oxygens (including phenoxy) is 2. The minimum atomic E-state index is -0.485. The number of amides is 1. The summed E-state index contributed by atoms with van der Waals surface area (Å²) in [5, 5.41) is 0. The van der Waals surface area contributed by atoms with Gasteiger partial charge in [-0.1, -0.05) is 6.08 Å². The summed E-state index contributed by atoms with van der Waals surface area (Å²) in [6.07, 6.45) is 6.23. The molecule has 2 aliphatic heterocycles. The van der Waals surface area contributed by atoms with Crippen LogP contribution in [0, 0.1) is 0 Å². The standard InChI is InChI=1S/C17H22N2O3/c1-17(2,3)22-16(20)19-14-8-13(9-15(19)11-21-10-14)12-4-6-18-7-5-12/h4-8,14-15H,9-11H2,1-3H3. The highest BCUT2D eigenvalue weighted by atomic mass is 16.6. The predicted molar refractivity (Wildman–Crippen MR) is 83.3 cm³/mol. The normalized spacial score (nSPS) is 24.7. The Morgan fingerprint density at radius 2 is 2.05 bits per heavy atom. The quantitative estimate of drug-likeness (QED) is 0.800. The Morgan fingerprint density at radius 1 is 1.32 bits per heavy atom. The number of carbonyl (C=O) groups is 1. The number of rotatable bonds is 1. The van der Waals surface area contributed by atoms with Crippen LogP contribution in [0.15, 0.2) is 30.6 Å². The summed E-state index contributed by atoms with van der Waals surface area (Å²) in [6, 6.07) is 3.98. The molecule has 5 heteroatoms. The molecule has 3 heterocycles. The van der Waals surface area contributed by atoms with Crippen LogP contribution in [-0.2, 0) is 9.47 Å². The van der Waals surface area contributed by atoms with Gasteiger partial charge in [-0.25, -0.2) is 4.79 Å². The monoisotopic (exact) mass is 302 g/mol. The molecule has 1 aromatic heterocycles. The fraction of sp³-hybridized carbons (Fsp3) is 0.529. The molecule has 2 atom stereocenters. The minimum Gasteiger partial charge on any atom is -0.444 e. The molecule has 5 nitrogen and oxygen atoms in total. The number of morpholine rings is 1. The first-order valence-corrected chi connectivity index (χ1v) is 7.64. The van der Waals surface area contributed by atoms with Gasteiger partial charge < -0.3 is 9.47 Å². The van der Waals surface area contributed by atoms with Crippen LogP contribution < -0.4 is 0 Å². The molecule has 0 radical (unpaired) electrons. The van der Waals surface area contributed by atoms with Gasteiger partial charge in [0.2, 0.25) is 0 Å². The molecule has 3 rings (SSSR count). The number of carbonyl (C=O) groups excluding carboxylic acids is 1. The van der Waals surface area contributed by atoms with Gasteiger partial charge in [-0.2, -0.15) is 0 Å². The van der Waals surface area contributed by atoms with Crippen LogP contribution in [0.4, 0.5) is 4.79 Å². The molecule has 1 saturated heterocycles. The van der Waals surface area contributed by atoms with Crippen molar-refractivity contribution >= 4 is 11.7 Å². The van der Waals surface area contributed by atoms with Crippen molar-refractivity contribution in [2.24, 2.45) is 0 Å². The summed E-state index contributed by atoms with van der Waals surface area (Å²) in [5.74, 6) is 0. The second kappa shape index (κ2) is 5.72. The number of hydrogen-bond donors (Lipinski definition) is 0. The first-order chi connectivity index (χ1) is 10.4. The Kier molecular flexibility index (Phi) is 3.91. The lowest BCUT2D eigenvalue weighted by atomic mass is 9.90. The number of aromatic nitrogens is 1. The summed E-state index contributed by atoms with van der Waals surface area (Å²) >= 11 is 0. The van der Waals surface area contributed by atoms with E-state index >= 15 is 0 Å². The van der Waals surface area contributed by atoms with Gasteiger partial charge in [-0.15, -0.1) is 0 Å². The van der Waals surface area contributed by atoms with Gasteiger partial charge in [0, 0.05) is 12.4 Å². The van der Waals surface area contributed by atoms with Crippen molar-refractivity contribution in [3.05, 3.63) is 36.2 Å². The highest BCUT2D eigenvalue weighted by Crippen LogP contribution is 2.33. The van der Waals surface area contributed by atoms with E-state index in [4.69, 9.17) is 9.47 Å². The van der Waals surface area contributed by atoms with Crippen molar-refractivity contribution in [3.63, 3.8) is 0 Å². The SMILES string of the molecule is CC(C)(C)OC(=O)N1C2C=C(c3ccncc3)CC1COC2. The van der Waals surface area contributed by atoms with Gasteiger partial charge in [0.05, 0.1) is 25.3 Å². The van der Waals surface area contributed by atoms with Gasteiger partial charge in [0.1, 0.15) is 5.60 Å². The largest absolute Gasteiger partial charge is 0.444 e. The number of nitrogens with zero attached hydrogens (tertiary/aromatic N) is 2. The van der Waals surface area contributed by atoms with E-state index < -0.39 is 5.60 Å². The zero-order valence-electron chi connectivity index (χ0n) is 13.3. The Morgan fingerprint density at radius 3 is 2.68 bits per heavy atom. The van der Waals surface area contributed by atoms with Gasteiger partial charge in [0.15, 0.2) is 0 Å². The molecule has 2 bridgehead atoms. The Balaban J connectivity index is 1.84. The molecule has 0 N–H and O–H groups in total. The van der Waals surface area contributed by atoms with Crippen LogP contribution >= 0.6 is 0 Å². The lowest BCUT2D eigenvalue weighted by Crippen LogP contribution is -2.57. The summed E-state index contributed by atoms with van der Waals surface area (Å²) in [6.45, 7) is 6.74. The van der Waals surface area contributed by atoms with E-state index in [0.29, 0.717) is 13.2 Å². The molecule has 1 fully saturated rings. The third kappa shape index (κ3) is 3.14. The van der Waals surface area contributed by atoms with Crippen molar-refractivity contribution in [2.45, 2.75) is 44.9 Å². The molecular weight excluding hydrogens is 280 g/mol. The highest BCUT2D eigenvalue weighted by molar-refractivity contribution is 5.74. The summed E-state index contributed by atoms with van der Waals surface area (Å²) < 4.78 is 11.2. The van der Waals surface area contributed by atoms with Crippen LogP contribution in [0.5, 0.6) is 0 Å². The van der Waals surface area contributed by atoms with Gasteiger partial charge >= 0.3 is 6.09 Å². The lowest BCUT2D eigenvalue weighted by Gasteiger charge is -2.44. The molecule has 0 saturated carbocycles.